The van der Waals surface area contributed by atoms with Crippen LogP contribution in [0.4, 0.5) is 8.78 Å². The zero-order valence-electron chi connectivity index (χ0n) is 18.2. The highest BCUT2D eigenvalue weighted by Gasteiger charge is 2.36. The van der Waals surface area contributed by atoms with E-state index in [9.17, 15) is 13.6 Å². The average Bonchev–Trinajstić information content (AvgIpc) is 3.21. The summed E-state index contributed by atoms with van der Waals surface area (Å²) in [5, 5.41) is 10.1. The van der Waals surface area contributed by atoms with Crippen LogP contribution in [0.1, 0.15) is 79.9 Å². The molecule has 0 saturated heterocycles. The second-order valence-electron chi connectivity index (χ2n) is 8.33. The van der Waals surface area contributed by atoms with Crippen LogP contribution in [0, 0.1) is 0 Å². The SMILES string of the molecule is CO.Cn1cncc1-c1nc(C(=O)NC2CCCCC2)cc(C2CCC(F)(F)CC2)n1. The van der Waals surface area contributed by atoms with Crippen molar-refractivity contribution < 1.29 is 18.7 Å². The minimum Gasteiger partial charge on any atom is -0.400 e. The smallest absolute Gasteiger partial charge is 0.270 e. The lowest BCUT2D eigenvalue weighted by molar-refractivity contribution is -0.0384. The molecule has 2 heterocycles. The normalized spacial score (nSPS) is 19.4. The average molecular weight is 436 g/mol. The quantitative estimate of drug-likeness (QED) is 0.761. The lowest BCUT2D eigenvalue weighted by Crippen LogP contribution is -2.36. The van der Waals surface area contributed by atoms with Crippen molar-refractivity contribution in [1.29, 1.82) is 0 Å². The summed E-state index contributed by atoms with van der Waals surface area (Å²) in [6.07, 6.45) is 9.14. The summed E-state index contributed by atoms with van der Waals surface area (Å²) in [5.41, 5.74) is 1.66. The standard InChI is InChI=1S/C21H27F2N5O.CH4O/c1-28-13-24-12-18(28)19-26-16(14-7-9-21(22,23)10-8-14)11-17(27-19)20(29)25-15-5-3-2-4-6-15;1-2/h11-15H,2-10H2,1H3,(H,25,29);2H,1H3. The number of alkyl halides is 2. The van der Waals surface area contributed by atoms with Crippen LogP contribution >= 0.6 is 0 Å². The monoisotopic (exact) mass is 435 g/mol. The topological polar surface area (TPSA) is 92.9 Å². The van der Waals surface area contributed by atoms with Crippen LogP contribution in [0.5, 0.6) is 0 Å². The van der Waals surface area contributed by atoms with Crippen molar-refractivity contribution >= 4 is 5.91 Å². The lowest BCUT2D eigenvalue weighted by atomic mass is 9.84. The van der Waals surface area contributed by atoms with E-state index in [4.69, 9.17) is 5.11 Å². The van der Waals surface area contributed by atoms with Crippen LogP contribution in [0.2, 0.25) is 0 Å². The van der Waals surface area contributed by atoms with Crippen molar-refractivity contribution in [2.24, 2.45) is 7.05 Å². The minimum absolute atomic E-state index is 0.0918. The van der Waals surface area contributed by atoms with Crippen molar-refractivity contribution in [3.8, 4) is 11.5 Å². The molecule has 2 aromatic rings. The molecule has 0 bridgehead atoms. The highest BCUT2D eigenvalue weighted by Crippen LogP contribution is 2.40. The van der Waals surface area contributed by atoms with Crippen LogP contribution < -0.4 is 5.32 Å². The number of halogens is 2. The first kappa shape index (κ1) is 23.2. The fourth-order valence-corrected chi connectivity index (χ4v) is 4.32. The molecule has 170 valence electrons. The lowest BCUT2D eigenvalue weighted by Gasteiger charge is -2.28. The highest BCUT2D eigenvalue weighted by molar-refractivity contribution is 5.93. The summed E-state index contributed by atoms with van der Waals surface area (Å²) in [6, 6.07) is 1.86. The molecule has 0 aliphatic heterocycles. The Morgan fingerprint density at radius 1 is 1.13 bits per heavy atom. The summed E-state index contributed by atoms with van der Waals surface area (Å²) in [5.74, 6) is -2.50. The number of carbonyl (C=O) groups excluding carboxylic acids is 1. The van der Waals surface area contributed by atoms with Gasteiger partial charge in [-0.05, 0) is 31.7 Å². The Morgan fingerprint density at radius 3 is 2.42 bits per heavy atom. The van der Waals surface area contributed by atoms with E-state index in [2.05, 4.69) is 20.3 Å². The Bertz CT molecular complexity index is 871. The van der Waals surface area contributed by atoms with Crippen molar-refractivity contribution in [3.63, 3.8) is 0 Å². The van der Waals surface area contributed by atoms with Gasteiger partial charge in [0.2, 0.25) is 5.92 Å². The van der Waals surface area contributed by atoms with E-state index in [1.807, 2.05) is 7.05 Å². The Morgan fingerprint density at radius 2 is 1.81 bits per heavy atom. The maximum absolute atomic E-state index is 13.6. The summed E-state index contributed by atoms with van der Waals surface area (Å²) >= 11 is 0. The van der Waals surface area contributed by atoms with Crippen LogP contribution in [0.25, 0.3) is 11.5 Å². The molecule has 0 unspecified atom stereocenters. The molecule has 4 rings (SSSR count). The van der Waals surface area contributed by atoms with E-state index in [1.54, 1.807) is 23.2 Å². The summed E-state index contributed by atoms with van der Waals surface area (Å²) in [6.45, 7) is 0. The summed E-state index contributed by atoms with van der Waals surface area (Å²) in [4.78, 5) is 26.2. The largest absolute Gasteiger partial charge is 0.400 e. The number of aliphatic hydroxyl groups excluding tert-OH is 1. The van der Waals surface area contributed by atoms with E-state index in [1.165, 1.54) is 6.42 Å². The van der Waals surface area contributed by atoms with E-state index >= 15 is 0 Å². The molecule has 0 aromatic carbocycles. The van der Waals surface area contributed by atoms with Gasteiger partial charge in [0.25, 0.3) is 5.91 Å². The van der Waals surface area contributed by atoms with Gasteiger partial charge in [-0.25, -0.2) is 23.7 Å². The van der Waals surface area contributed by atoms with E-state index < -0.39 is 5.92 Å². The second-order valence-corrected chi connectivity index (χ2v) is 8.33. The Balaban J connectivity index is 0.00000132. The zero-order chi connectivity index (χ0) is 22.4. The second kappa shape index (κ2) is 10.3. The molecule has 0 radical (unpaired) electrons. The van der Waals surface area contributed by atoms with E-state index in [0.29, 0.717) is 35.7 Å². The first-order valence-electron chi connectivity index (χ1n) is 10.9. The molecule has 2 saturated carbocycles. The Hall–Kier alpha value is -2.42. The van der Waals surface area contributed by atoms with Crippen LogP contribution in [0.3, 0.4) is 0 Å². The fourth-order valence-electron chi connectivity index (χ4n) is 4.32. The number of hydrogen-bond acceptors (Lipinski definition) is 5. The maximum atomic E-state index is 13.6. The molecule has 31 heavy (non-hydrogen) atoms. The Labute approximate surface area is 181 Å². The van der Waals surface area contributed by atoms with E-state index in [0.717, 1.165) is 32.8 Å². The molecule has 2 fully saturated rings. The molecule has 0 atom stereocenters. The van der Waals surface area contributed by atoms with Crippen molar-refractivity contribution in [2.45, 2.75) is 75.7 Å². The summed E-state index contributed by atoms with van der Waals surface area (Å²) in [7, 11) is 2.83. The fraction of sp³-hybridized carbons (Fsp3) is 0.636. The van der Waals surface area contributed by atoms with E-state index in [-0.39, 0.29) is 30.7 Å². The van der Waals surface area contributed by atoms with Gasteiger partial charge < -0.3 is 15.0 Å². The maximum Gasteiger partial charge on any atom is 0.270 e. The molecule has 9 heteroatoms. The molecule has 1 amide bonds. The van der Waals surface area contributed by atoms with Crippen LogP contribution in [0.15, 0.2) is 18.6 Å². The predicted octanol–water partition coefficient (Wildman–Crippen LogP) is 3.84. The number of nitrogens with zero attached hydrogens (tertiary/aromatic N) is 4. The zero-order valence-corrected chi connectivity index (χ0v) is 18.2. The number of rotatable bonds is 4. The van der Waals surface area contributed by atoms with Crippen molar-refractivity contribution in [3.05, 3.63) is 30.0 Å². The molecule has 0 spiro atoms. The van der Waals surface area contributed by atoms with Gasteiger partial charge in [0.05, 0.1) is 12.5 Å². The van der Waals surface area contributed by atoms with Gasteiger partial charge in [-0.15, -0.1) is 0 Å². The van der Waals surface area contributed by atoms with Gasteiger partial charge >= 0.3 is 0 Å². The van der Waals surface area contributed by atoms with Crippen molar-refractivity contribution in [2.75, 3.05) is 7.11 Å². The first-order valence-corrected chi connectivity index (χ1v) is 10.9. The first-order chi connectivity index (χ1) is 14.9. The van der Waals surface area contributed by atoms with Gasteiger partial charge in [0, 0.05) is 44.7 Å². The van der Waals surface area contributed by atoms with Gasteiger partial charge in [0.15, 0.2) is 5.82 Å². The number of aromatic nitrogens is 4. The number of carbonyl (C=O) groups is 1. The van der Waals surface area contributed by atoms with Crippen LogP contribution in [-0.4, -0.2) is 49.6 Å². The number of aliphatic hydroxyl groups is 1. The number of nitrogens with one attached hydrogen (secondary N) is 1. The van der Waals surface area contributed by atoms with Gasteiger partial charge in [0.1, 0.15) is 11.4 Å². The highest BCUT2D eigenvalue weighted by atomic mass is 19.3. The summed E-state index contributed by atoms with van der Waals surface area (Å²) < 4.78 is 29.0. The van der Waals surface area contributed by atoms with Crippen molar-refractivity contribution in [1.82, 2.24) is 24.8 Å². The third kappa shape index (κ3) is 5.84. The molecule has 2 N–H and O–H groups in total. The third-order valence-electron chi connectivity index (χ3n) is 6.10. The number of amides is 1. The number of aryl methyl sites for hydroxylation is 1. The molecule has 2 aromatic heterocycles. The minimum atomic E-state index is -2.60. The predicted molar refractivity (Wildman–Crippen MR) is 113 cm³/mol. The van der Waals surface area contributed by atoms with Gasteiger partial charge in [-0.3, -0.25) is 4.79 Å². The van der Waals surface area contributed by atoms with Gasteiger partial charge in [-0.2, -0.15) is 0 Å². The third-order valence-corrected chi connectivity index (χ3v) is 6.10. The molecular formula is C22H31F2N5O2. The van der Waals surface area contributed by atoms with Gasteiger partial charge in [-0.1, -0.05) is 19.3 Å². The molecular weight excluding hydrogens is 404 g/mol. The molecule has 2 aliphatic carbocycles. The van der Waals surface area contributed by atoms with Crippen LogP contribution in [-0.2, 0) is 7.05 Å². The number of hydrogen-bond donors (Lipinski definition) is 2. The Kier molecular flexibility index (Phi) is 7.69. The molecule has 2 aliphatic rings. The number of imidazole rings is 1. The molecule has 7 nitrogen and oxygen atoms in total.